The van der Waals surface area contributed by atoms with Gasteiger partial charge in [0, 0.05) is 11.1 Å². The zero-order chi connectivity index (χ0) is 24.3. The van der Waals surface area contributed by atoms with Crippen LogP contribution in [-0.4, -0.2) is 14.8 Å². The molecule has 1 unspecified atom stereocenters. The minimum atomic E-state index is 0.0876. The van der Waals surface area contributed by atoms with Crippen molar-refractivity contribution in [3.05, 3.63) is 89.0 Å². The largest absolute Gasteiger partial charge is 0.274 e. The van der Waals surface area contributed by atoms with Crippen LogP contribution in [0.3, 0.4) is 0 Å². The normalized spacial score (nSPS) is 13.1. The summed E-state index contributed by atoms with van der Waals surface area (Å²) in [6.45, 7) is 13.5. The first-order valence-electron chi connectivity index (χ1n) is 12.6. The molecule has 0 spiro atoms. The molecule has 0 aliphatic carbocycles. The van der Waals surface area contributed by atoms with Crippen molar-refractivity contribution in [3.8, 4) is 28.5 Å². The quantitative estimate of drug-likeness (QED) is 0.270. The van der Waals surface area contributed by atoms with E-state index in [1.807, 2.05) is 0 Å². The fourth-order valence-electron chi connectivity index (χ4n) is 5.25. The van der Waals surface area contributed by atoms with Gasteiger partial charge in [0.2, 0.25) is 0 Å². The lowest BCUT2D eigenvalue weighted by atomic mass is 9.74. The van der Waals surface area contributed by atoms with Gasteiger partial charge < -0.3 is 0 Å². The molecule has 1 aromatic heterocycles. The summed E-state index contributed by atoms with van der Waals surface area (Å²) in [6, 6.07) is 23.9. The Labute approximate surface area is 204 Å². The Morgan fingerprint density at radius 1 is 0.735 bits per heavy atom. The summed E-state index contributed by atoms with van der Waals surface area (Å²) in [4.78, 5) is 0. The minimum absolute atomic E-state index is 0.0876. The van der Waals surface area contributed by atoms with Gasteiger partial charge in [0.05, 0.1) is 5.69 Å². The second-order valence-corrected chi connectivity index (χ2v) is 9.64. The standard InChI is InChI=1S/C31H37N3/c1-7-21-31(6,9-3)27-20-13-12-19-26(27)30-33-32-29(25-18-11-10-15-22(25)4)34(30)28-23(5)16-14-17-24(28)8-2/h10-20H,7-9,21H2,1-6H3. The van der Waals surface area contributed by atoms with Crippen molar-refractivity contribution >= 4 is 0 Å². The molecule has 0 saturated carbocycles. The molecule has 4 aromatic rings. The molecular formula is C31H37N3. The van der Waals surface area contributed by atoms with Gasteiger partial charge in [-0.1, -0.05) is 101 Å². The summed E-state index contributed by atoms with van der Waals surface area (Å²) >= 11 is 0. The molecule has 176 valence electrons. The first kappa shape index (κ1) is 23.9. The summed E-state index contributed by atoms with van der Waals surface area (Å²) in [5.41, 5.74) is 8.69. The topological polar surface area (TPSA) is 30.7 Å². The second-order valence-electron chi connectivity index (χ2n) is 9.64. The van der Waals surface area contributed by atoms with E-state index in [9.17, 15) is 0 Å². The molecule has 0 amide bonds. The molecule has 4 rings (SSSR count). The predicted molar refractivity (Wildman–Crippen MR) is 144 cm³/mol. The van der Waals surface area contributed by atoms with Crippen LogP contribution in [0.15, 0.2) is 66.7 Å². The number of aryl methyl sites for hydroxylation is 3. The van der Waals surface area contributed by atoms with E-state index < -0.39 is 0 Å². The van der Waals surface area contributed by atoms with Crippen molar-refractivity contribution in [2.24, 2.45) is 0 Å². The van der Waals surface area contributed by atoms with Crippen molar-refractivity contribution in [2.45, 2.75) is 72.6 Å². The molecular weight excluding hydrogens is 414 g/mol. The lowest BCUT2D eigenvalue weighted by molar-refractivity contribution is 0.414. The van der Waals surface area contributed by atoms with Crippen LogP contribution in [0.25, 0.3) is 28.5 Å². The molecule has 34 heavy (non-hydrogen) atoms. The van der Waals surface area contributed by atoms with Crippen LogP contribution in [0.4, 0.5) is 0 Å². The van der Waals surface area contributed by atoms with E-state index in [-0.39, 0.29) is 5.41 Å². The molecule has 0 saturated heterocycles. The van der Waals surface area contributed by atoms with Gasteiger partial charge in [-0.3, -0.25) is 4.57 Å². The van der Waals surface area contributed by atoms with Crippen molar-refractivity contribution < 1.29 is 0 Å². The molecule has 3 heteroatoms. The third-order valence-electron chi connectivity index (χ3n) is 7.38. The molecule has 0 fully saturated rings. The number of nitrogens with zero attached hydrogens (tertiary/aromatic N) is 3. The summed E-state index contributed by atoms with van der Waals surface area (Å²) in [5.74, 6) is 1.83. The smallest absolute Gasteiger partial charge is 0.169 e. The molecule has 0 N–H and O–H groups in total. The van der Waals surface area contributed by atoms with Gasteiger partial charge in [0.15, 0.2) is 11.6 Å². The molecule has 0 aliphatic rings. The summed E-state index contributed by atoms with van der Waals surface area (Å²) in [6.07, 6.45) is 4.33. The highest BCUT2D eigenvalue weighted by atomic mass is 15.3. The van der Waals surface area contributed by atoms with Crippen LogP contribution in [0.2, 0.25) is 0 Å². The number of hydrogen-bond donors (Lipinski definition) is 0. The third kappa shape index (κ3) is 4.20. The Hall–Kier alpha value is -3.20. The van der Waals surface area contributed by atoms with E-state index in [2.05, 4.69) is 113 Å². The summed E-state index contributed by atoms with van der Waals surface area (Å²) < 4.78 is 2.32. The van der Waals surface area contributed by atoms with Gasteiger partial charge >= 0.3 is 0 Å². The van der Waals surface area contributed by atoms with Gasteiger partial charge in [0.1, 0.15) is 0 Å². The Balaban J connectivity index is 2.08. The first-order chi connectivity index (χ1) is 16.4. The Morgan fingerprint density at radius 2 is 1.35 bits per heavy atom. The molecule has 0 aliphatic heterocycles. The van der Waals surface area contributed by atoms with Gasteiger partial charge in [-0.15, -0.1) is 10.2 Å². The van der Waals surface area contributed by atoms with Gasteiger partial charge in [-0.25, -0.2) is 0 Å². The van der Waals surface area contributed by atoms with Crippen LogP contribution in [-0.2, 0) is 11.8 Å². The maximum absolute atomic E-state index is 4.88. The number of hydrogen-bond acceptors (Lipinski definition) is 2. The van der Waals surface area contributed by atoms with Crippen molar-refractivity contribution in [1.29, 1.82) is 0 Å². The number of para-hydroxylation sites is 1. The van der Waals surface area contributed by atoms with E-state index in [0.717, 1.165) is 42.9 Å². The van der Waals surface area contributed by atoms with Crippen molar-refractivity contribution in [1.82, 2.24) is 14.8 Å². The van der Waals surface area contributed by atoms with Crippen molar-refractivity contribution in [3.63, 3.8) is 0 Å². The van der Waals surface area contributed by atoms with Crippen molar-refractivity contribution in [2.75, 3.05) is 0 Å². The molecule has 1 atom stereocenters. The molecule has 3 nitrogen and oxygen atoms in total. The fourth-order valence-corrected chi connectivity index (χ4v) is 5.25. The van der Waals surface area contributed by atoms with E-state index in [0.29, 0.717) is 0 Å². The van der Waals surface area contributed by atoms with Gasteiger partial charge in [0.25, 0.3) is 0 Å². The maximum Gasteiger partial charge on any atom is 0.169 e. The molecule has 0 bridgehead atoms. The zero-order valence-electron chi connectivity index (χ0n) is 21.5. The third-order valence-corrected chi connectivity index (χ3v) is 7.38. The highest BCUT2D eigenvalue weighted by molar-refractivity contribution is 5.72. The lowest BCUT2D eigenvalue weighted by Gasteiger charge is -2.31. The highest BCUT2D eigenvalue weighted by Crippen LogP contribution is 2.40. The van der Waals surface area contributed by atoms with E-state index in [4.69, 9.17) is 10.2 Å². The molecule has 0 radical (unpaired) electrons. The second kappa shape index (κ2) is 9.97. The Bertz CT molecular complexity index is 1280. The number of rotatable bonds is 8. The van der Waals surface area contributed by atoms with Gasteiger partial charge in [-0.05, 0) is 60.8 Å². The molecule has 3 aromatic carbocycles. The summed E-state index contributed by atoms with van der Waals surface area (Å²) in [7, 11) is 0. The predicted octanol–water partition coefficient (Wildman–Crippen LogP) is 8.25. The first-order valence-corrected chi connectivity index (χ1v) is 12.6. The highest BCUT2D eigenvalue weighted by Gasteiger charge is 2.30. The van der Waals surface area contributed by atoms with E-state index in [1.165, 1.54) is 33.5 Å². The SMILES string of the molecule is CCCC(C)(CC)c1ccccc1-c1nnc(-c2ccccc2C)n1-c1c(C)cccc1CC. The van der Waals surface area contributed by atoms with E-state index in [1.54, 1.807) is 0 Å². The van der Waals surface area contributed by atoms with Crippen LogP contribution in [0, 0.1) is 13.8 Å². The zero-order valence-corrected chi connectivity index (χ0v) is 21.5. The maximum atomic E-state index is 4.88. The van der Waals surface area contributed by atoms with Crippen LogP contribution in [0.5, 0.6) is 0 Å². The van der Waals surface area contributed by atoms with Crippen LogP contribution in [0.1, 0.15) is 69.2 Å². The Morgan fingerprint density at radius 3 is 2.00 bits per heavy atom. The van der Waals surface area contributed by atoms with Gasteiger partial charge in [-0.2, -0.15) is 0 Å². The fraction of sp³-hybridized carbons (Fsp3) is 0.355. The Kier molecular flexibility index (Phi) is 7.02. The van der Waals surface area contributed by atoms with E-state index >= 15 is 0 Å². The van der Waals surface area contributed by atoms with Crippen LogP contribution < -0.4 is 0 Å². The van der Waals surface area contributed by atoms with Crippen LogP contribution >= 0.6 is 0 Å². The monoisotopic (exact) mass is 451 g/mol. The average Bonchev–Trinajstić information content (AvgIpc) is 3.28. The lowest BCUT2D eigenvalue weighted by Crippen LogP contribution is -2.22. The minimum Gasteiger partial charge on any atom is -0.274 e. The summed E-state index contributed by atoms with van der Waals surface area (Å²) in [5, 5.41) is 9.70. The molecule has 1 heterocycles. The average molecular weight is 452 g/mol. The number of benzene rings is 3. The number of aromatic nitrogens is 3.